The fraction of sp³-hybridized carbons (Fsp3) is 0.231. The van der Waals surface area contributed by atoms with Crippen molar-refractivity contribution in [1.82, 2.24) is 9.78 Å². The van der Waals surface area contributed by atoms with Crippen LogP contribution in [-0.2, 0) is 11.8 Å². The van der Waals surface area contributed by atoms with Crippen molar-refractivity contribution in [1.29, 1.82) is 0 Å². The van der Waals surface area contributed by atoms with Crippen molar-refractivity contribution in [2.24, 2.45) is 12.8 Å². The Hall–Kier alpha value is -2.34. The van der Waals surface area contributed by atoms with Gasteiger partial charge in [-0.05, 0) is 18.6 Å². The number of hydrogen-bond acceptors (Lipinski definition) is 4. The van der Waals surface area contributed by atoms with Crippen LogP contribution in [0.25, 0.3) is 0 Å². The number of aryl methyl sites for hydroxylation is 2. The maximum atomic E-state index is 12.0. The summed E-state index contributed by atoms with van der Waals surface area (Å²) >= 11 is 0. The number of carbonyl (C=O) groups is 1. The topological polar surface area (TPSA) is 93.2 Å². The molecule has 19 heavy (non-hydrogen) atoms. The normalized spacial score (nSPS) is 12.2. The SMILES string of the molecule is Cc1cccc(NC(=O)C(N)c2cnn(C)c2)c1O. The van der Waals surface area contributed by atoms with Gasteiger partial charge in [0, 0.05) is 18.8 Å². The summed E-state index contributed by atoms with van der Waals surface area (Å²) in [5, 5.41) is 16.4. The van der Waals surface area contributed by atoms with Crippen molar-refractivity contribution < 1.29 is 9.90 Å². The van der Waals surface area contributed by atoms with E-state index >= 15 is 0 Å². The van der Waals surface area contributed by atoms with Crippen LogP contribution < -0.4 is 11.1 Å². The molecule has 1 unspecified atom stereocenters. The van der Waals surface area contributed by atoms with Crippen molar-refractivity contribution in [3.63, 3.8) is 0 Å². The lowest BCUT2D eigenvalue weighted by Gasteiger charge is -2.12. The standard InChI is InChI=1S/C13H16N4O2/c1-8-4-3-5-10(12(8)18)16-13(19)11(14)9-6-15-17(2)7-9/h3-7,11,18H,14H2,1-2H3,(H,16,19). The molecule has 0 bridgehead atoms. The highest BCUT2D eigenvalue weighted by atomic mass is 16.3. The predicted octanol–water partition coefficient (Wildman–Crippen LogP) is 1.07. The lowest BCUT2D eigenvalue weighted by atomic mass is 10.1. The molecule has 0 saturated heterocycles. The Kier molecular flexibility index (Phi) is 3.52. The molecule has 0 fully saturated rings. The quantitative estimate of drug-likeness (QED) is 0.720. The minimum atomic E-state index is -0.825. The molecule has 4 N–H and O–H groups in total. The van der Waals surface area contributed by atoms with Crippen LogP contribution >= 0.6 is 0 Å². The zero-order valence-corrected chi connectivity index (χ0v) is 10.8. The Labute approximate surface area is 110 Å². The summed E-state index contributed by atoms with van der Waals surface area (Å²) in [5.41, 5.74) is 7.50. The maximum absolute atomic E-state index is 12.0. The number of benzene rings is 1. The minimum absolute atomic E-state index is 0.0502. The Balaban J connectivity index is 2.15. The van der Waals surface area contributed by atoms with Crippen molar-refractivity contribution in [3.8, 4) is 5.75 Å². The number of rotatable bonds is 3. The van der Waals surface area contributed by atoms with Gasteiger partial charge in [0.05, 0.1) is 11.9 Å². The largest absolute Gasteiger partial charge is 0.505 e. The fourth-order valence-corrected chi connectivity index (χ4v) is 1.72. The minimum Gasteiger partial charge on any atom is -0.505 e. The molecule has 0 aliphatic rings. The van der Waals surface area contributed by atoms with Crippen LogP contribution in [0.4, 0.5) is 5.69 Å². The number of phenols is 1. The van der Waals surface area contributed by atoms with E-state index in [0.29, 0.717) is 16.8 Å². The molecule has 2 aromatic rings. The van der Waals surface area contributed by atoms with Gasteiger partial charge in [0.15, 0.2) is 0 Å². The van der Waals surface area contributed by atoms with Crippen molar-refractivity contribution in [3.05, 3.63) is 41.7 Å². The number of aromatic hydroxyl groups is 1. The molecule has 1 aromatic carbocycles. The summed E-state index contributed by atoms with van der Waals surface area (Å²) < 4.78 is 1.58. The second-order valence-corrected chi connectivity index (χ2v) is 4.39. The highest BCUT2D eigenvalue weighted by Gasteiger charge is 2.18. The van der Waals surface area contributed by atoms with Gasteiger partial charge in [-0.2, -0.15) is 5.10 Å². The molecule has 100 valence electrons. The number of amides is 1. The molecule has 1 heterocycles. The molecule has 0 radical (unpaired) electrons. The number of anilines is 1. The summed E-state index contributed by atoms with van der Waals surface area (Å²) in [4.78, 5) is 12.0. The van der Waals surface area contributed by atoms with Gasteiger partial charge >= 0.3 is 0 Å². The first kappa shape index (κ1) is 13.1. The van der Waals surface area contributed by atoms with E-state index < -0.39 is 11.9 Å². The highest BCUT2D eigenvalue weighted by Crippen LogP contribution is 2.27. The summed E-state index contributed by atoms with van der Waals surface area (Å²) in [5.74, 6) is -0.344. The lowest BCUT2D eigenvalue weighted by molar-refractivity contribution is -0.117. The third-order valence-corrected chi connectivity index (χ3v) is 2.86. The zero-order chi connectivity index (χ0) is 14.0. The first-order valence-corrected chi connectivity index (χ1v) is 5.82. The number of carbonyl (C=O) groups excluding carboxylic acids is 1. The van der Waals surface area contributed by atoms with E-state index in [-0.39, 0.29) is 5.75 Å². The molecular formula is C13H16N4O2. The molecule has 1 atom stereocenters. The smallest absolute Gasteiger partial charge is 0.246 e. The van der Waals surface area contributed by atoms with Gasteiger partial charge in [-0.25, -0.2) is 0 Å². The molecule has 2 rings (SSSR count). The Morgan fingerprint density at radius 2 is 2.26 bits per heavy atom. The number of para-hydroxylation sites is 1. The van der Waals surface area contributed by atoms with Crippen LogP contribution in [0.5, 0.6) is 5.75 Å². The van der Waals surface area contributed by atoms with E-state index in [4.69, 9.17) is 5.73 Å². The van der Waals surface area contributed by atoms with E-state index in [1.54, 1.807) is 49.2 Å². The second kappa shape index (κ2) is 5.11. The number of phenolic OH excluding ortho intramolecular Hbond substituents is 1. The van der Waals surface area contributed by atoms with Gasteiger partial charge in [0.2, 0.25) is 5.91 Å². The summed E-state index contributed by atoms with van der Waals surface area (Å²) in [6.07, 6.45) is 3.22. The van der Waals surface area contributed by atoms with E-state index in [1.165, 1.54) is 0 Å². The van der Waals surface area contributed by atoms with Crippen molar-refractivity contribution >= 4 is 11.6 Å². The van der Waals surface area contributed by atoms with Crippen molar-refractivity contribution in [2.75, 3.05) is 5.32 Å². The average Bonchev–Trinajstić information content (AvgIpc) is 2.80. The monoisotopic (exact) mass is 260 g/mol. The molecule has 6 heteroatoms. The van der Waals surface area contributed by atoms with Gasteiger partial charge in [-0.1, -0.05) is 12.1 Å². The molecule has 1 amide bonds. The summed E-state index contributed by atoms with van der Waals surface area (Å²) in [6.45, 7) is 1.76. The number of nitrogens with zero attached hydrogens (tertiary/aromatic N) is 2. The second-order valence-electron chi connectivity index (χ2n) is 4.39. The molecular weight excluding hydrogens is 244 g/mol. The highest BCUT2D eigenvalue weighted by molar-refractivity contribution is 5.96. The number of nitrogens with one attached hydrogen (secondary N) is 1. The zero-order valence-electron chi connectivity index (χ0n) is 10.8. The Morgan fingerprint density at radius 1 is 1.53 bits per heavy atom. The van der Waals surface area contributed by atoms with E-state index in [1.807, 2.05) is 0 Å². The third-order valence-electron chi connectivity index (χ3n) is 2.86. The fourth-order valence-electron chi connectivity index (χ4n) is 1.72. The summed E-state index contributed by atoms with van der Waals surface area (Å²) in [6, 6.07) is 4.30. The number of nitrogens with two attached hydrogens (primary N) is 1. The number of aromatic nitrogens is 2. The predicted molar refractivity (Wildman–Crippen MR) is 71.6 cm³/mol. The molecule has 0 spiro atoms. The van der Waals surface area contributed by atoms with Gasteiger partial charge in [-0.3, -0.25) is 9.48 Å². The number of hydrogen-bond donors (Lipinski definition) is 3. The van der Waals surface area contributed by atoms with Crippen LogP contribution in [0.3, 0.4) is 0 Å². The van der Waals surface area contributed by atoms with Crippen LogP contribution in [0.2, 0.25) is 0 Å². The molecule has 0 aliphatic heterocycles. The first-order chi connectivity index (χ1) is 8.99. The molecule has 1 aromatic heterocycles. The van der Waals surface area contributed by atoms with Crippen LogP contribution in [0, 0.1) is 6.92 Å². The van der Waals surface area contributed by atoms with Crippen LogP contribution in [-0.4, -0.2) is 20.8 Å². The van der Waals surface area contributed by atoms with E-state index in [9.17, 15) is 9.90 Å². The van der Waals surface area contributed by atoms with E-state index in [0.717, 1.165) is 0 Å². The third kappa shape index (κ3) is 2.74. The molecule has 0 aliphatic carbocycles. The van der Waals surface area contributed by atoms with Crippen LogP contribution in [0.1, 0.15) is 17.2 Å². The van der Waals surface area contributed by atoms with Gasteiger partial charge in [-0.15, -0.1) is 0 Å². The Bertz CT molecular complexity index is 606. The molecule has 6 nitrogen and oxygen atoms in total. The van der Waals surface area contributed by atoms with Gasteiger partial charge in [0.1, 0.15) is 11.8 Å². The molecule has 0 saturated carbocycles. The van der Waals surface area contributed by atoms with E-state index in [2.05, 4.69) is 10.4 Å². The van der Waals surface area contributed by atoms with Crippen LogP contribution in [0.15, 0.2) is 30.6 Å². The lowest BCUT2D eigenvalue weighted by Crippen LogP contribution is -2.27. The first-order valence-electron chi connectivity index (χ1n) is 5.82. The van der Waals surface area contributed by atoms with Gasteiger partial charge in [0.25, 0.3) is 0 Å². The van der Waals surface area contributed by atoms with Crippen molar-refractivity contribution in [2.45, 2.75) is 13.0 Å². The average molecular weight is 260 g/mol. The van der Waals surface area contributed by atoms with Gasteiger partial charge < -0.3 is 16.2 Å². The Morgan fingerprint density at radius 3 is 2.89 bits per heavy atom. The maximum Gasteiger partial charge on any atom is 0.246 e. The summed E-state index contributed by atoms with van der Waals surface area (Å²) in [7, 11) is 1.75.